The molecule has 0 spiro atoms. The van der Waals surface area contributed by atoms with E-state index >= 15 is 0 Å². The number of carbonyl (C=O) groups is 1. The summed E-state index contributed by atoms with van der Waals surface area (Å²) in [4.78, 5) is 13.5. The van der Waals surface area contributed by atoms with Crippen LogP contribution in [0.4, 0.5) is 0 Å². The van der Waals surface area contributed by atoms with E-state index in [0.29, 0.717) is 0 Å². The van der Waals surface area contributed by atoms with Crippen molar-refractivity contribution in [1.82, 2.24) is 4.90 Å². The van der Waals surface area contributed by atoms with Crippen molar-refractivity contribution >= 4 is 28.5 Å². The first-order chi connectivity index (χ1) is 6.76. The highest BCUT2D eigenvalue weighted by atomic mass is 127. The molecular weight excluding hydrogens is 289 g/mol. The topological polar surface area (TPSA) is 20.3 Å². The third-order valence-corrected chi connectivity index (χ3v) is 2.44. The summed E-state index contributed by atoms with van der Waals surface area (Å²) in [5, 5.41) is 0. The van der Waals surface area contributed by atoms with Gasteiger partial charge < -0.3 is 4.90 Å². The molecule has 0 aromatic rings. The molecule has 0 N–H and O–H groups in total. The minimum absolute atomic E-state index is 0.154. The summed E-state index contributed by atoms with van der Waals surface area (Å²) < 4.78 is 1.78. The largest absolute Gasteiger partial charge is 0.339 e. The summed E-state index contributed by atoms with van der Waals surface area (Å²) in [7, 11) is 0. The van der Waals surface area contributed by atoms with E-state index < -0.39 is 0 Å². The Hall–Kier alpha value is -0.0600. The zero-order chi connectivity index (χ0) is 10.8. The second kappa shape index (κ2) is 9.49. The minimum atomic E-state index is 0.154. The zero-order valence-corrected chi connectivity index (χ0v) is 11.3. The summed E-state index contributed by atoms with van der Waals surface area (Å²) in [6, 6.07) is 0. The number of rotatable bonds is 7. The van der Waals surface area contributed by atoms with Gasteiger partial charge in [-0.3, -0.25) is 4.79 Å². The average Bonchev–Trinajstić information content (AvgIpc) is 2.18. The minimum Gasteiger partial charge on any atom is -0.339 e. The summed E-state index contributed by atoms with van der Waals surface area (Å²) in [6.07, 6.45) is 6.13. The molecule has 1 amide bonds. The quantitative estimate of drug-likeness (QED) is 0.521. The maximum atomic E-state index is 11.6. The number of hydrogen-bond donors (Lipinski definition) is 0. The lowest BCUT2D eigenvalue weighted by molar-refractivity contribution is -0.126. The third kappa shape index (κ3) is 6.40. The van der Waals surface area contributed by atoms with Gasteiger partial charge in [-0.05, 0) is 16.9 Å². The number of carbonyl (C=O) groups excluding carboxylic acids is 1. The number of hydrogen-bond acceptors (Lipinski definition) is 1. The van der Waals surface area contributed by atoms with Gasteiger partial charge in [0.2, 0.25) is 5.91 Å². The van der Waals surface area contributed by atoms with E-state index in [1.165, 1.54) is 0 Å². The van der Waals surface area contributed by atoms with E-state index in [2.05, 4.69) is 36.4 Å². The van der Waals surface area contributed by atoms with E-state index in [-0.39, 0.29) is 5.91 Å². The first-order valence-electron chi connectivity index (χ1n) is 5.31. The molecule has 0 atom stereocenters. The predicted molar refractivity (Wildman–Crippen MR) is 69.6 cm³/mol. The highest BCUT2D eigenvalue weighted by Gasteiger charge is 2.08. The Morgan fingerprint density at radius 3 is 2.07 bits per heavy atom. The maximum Gasteiger partial charge on any atom is 0.247 e. The van der Waals surface area contributed by atoms with Crippen molar-refractivity contribution in [2.24, 2.45) is 0 Å². The van der Waals surface area contributed by atoms with Gasteiger partial charge in [0.1, 0.15) is 0 Å². The highest BCUT2D eigenvalue weighted by Crippen LogP contribution is 2.01. The van der Waals surface area contributed by atoms with E-state index in [9.17, 15) is 4.79 Å². The Morgan fingerprint density at radius 2 is 1.71 bits per heavy atom. The van der Waals surface area contributed by atoms with Crippen LogP contribution in [0.25, 0.3) is 0 Å². The van der Waals surface area contributed by atoms with Crippen LogP contribution >= 0.6 is 22.6 Å². The lowest BCUT2D eigenvalue weighted by atomic mass is 10.2. The fourth-order valence-corrected chi connectivity index (χ4v) is 1.50. The molecule has 0 aliphatic heterocycles. The van der Waals surface area contributed by atoms with Gasteiger partial charge in [-0.15, -0.1) is 0 Å². The molecule has 0 aliphatic carbocycles. The van der Waals surface area contributed by atoms with Crippen molar-refractivity contribution in [1.29, 1.82) is 0 Å². The first-order valence-corrected chi connectivity index (χ1v) is 6.56. The molecule has 3 heteroatoms. The molecule has 2 nitrogen and oxygen atoms in total. The maximum absolute atomic E-state index is 11.6. The molecule has 0 aliphatic rings. The average molecular weight is 309 g/mol. The standard InChI is InChI=1S/C11H20INO/c1-3-5-9-13(10-6-4-2)11(14)7-8-12/h7-8H,3-6,9-10H2,1-2H3/b8-7-. The molecular formula is C11H20INO. The molecule has 82 valence electrons. The van der Waals surface area contributed by atoms with Crippen molar-refractivity contribution in [3.8, 4) is 0 Å². The summed E-state index contributed by atoms with van der Waals surface area (Å²) in [5.41, 5.74) is 0. The monoisotopic (exact) mass is 309 g/mol. The van der Waals surface area contributed by atoms with Crippen LogP contribution in [0.15, 0.2) is 10.2 Å². The van der Waals surface area contributed by atoms with E-state index in [1.54, 1.807) is 10.2 Å². The van der Waals surface area contributed by atoms with Crippen molar-refractivity contribution in [3.05, 3.63) is 10.2 Å². The van der Waals surface area contributed by atoms with Gasteiger partial charge in [0, 0.05) is 19.2 Å². The summed E-state index contributed by atoms with van der Waals surface area (Å²) in [6.45, 7) is 6.10. The molecule has 0 aromatic heterocycles. The van der Waals surface area contributed by atoms with Crippen LogP contribution in [0.5, 0.6) is 0 Å². The van der Waals surface area contributed by atoms with E-state index in [1.807, 2.05) is 4.90 Å². The predicted octanol–water partition coefficient (Wildman–Crippen LogP) is 3.36. The van der Waals surface area contributed by atoms with Gasteiger partial charge in [0.15, 0.2) is 0 Å². The second-order valence-electron chi connectivity index (χ2n) is 3.33. The first kappa shape index (κ1) is 13.9. The van der Waals surface area contributed by atoms with Crippen molar-refractivity contribution in [2.45, 2.75) is 39.5 Å². The lowest BCUT2D eigenvalue weighted by Gasteiger charge is -2.20. The molecule has 0 saturated heterocycles. The van der Waals surface area contributed by atoms with Crippen LogP contribution in [0.2, 0.25) is 0 Å². The molecule has 0 fully saturated rings. The SMILES string of the molecule is CCCCN(CCCC)C(=O)/C=C\I. The van der Waals surface area contributed by atoms with Crippen LogP contribution in [0.1, 0.15) is 39.5 Å². The van der Waals surface area contributed by atoms with E-state index in [4.69, 9.17) is 0 Å². The third-order valence-electron chi connectivity index (χ3n) is 2.08. The van der Waals surface area contributed by atoms with Gasteiger partial charge in [0.25, 0.3) is 0 Å². The lowest BCUT2D eigenvalue weighted by Crippen LogP contribution is -2.31. The van der Waals surface area contributed by atoms with Crippen molar-refractivity contribution in [3.63, 3.8) is 0 Å². The molecule has 0 unspecified atom stereocenters. The van der Waals surface area contributed by atoms with Gasteiger partial charge in [-0.1, -0.05) is 49.3 Å². The Labute approximate surface area is 101 Å². The van der Waals surface area contributed by atoms with Gasteiger partial charge in [-0.25, -0.2) is 0 Å². The summed E-state index contributed by atoms with van der Waals surface area (Å²) in [5.74, 6) is 0.154. The molecule has 0 bridgehead atoms. The normalized spacial score (nSPS) is 10.8. The van der Waals surface area contributed by atoms with Crippen LogP contribution in [-0.2, 0) is 4.79 Å². The number of halogens is 1. The highest BCUT2D eigenvalue weighted by molar-refractivity contribution is 14.1. The second-order valence-corrected chi connectivity index (χ2v) is 4.04. The zero-order valence-electron chi connectivity index (χ0n) is 9.13. The molecule has 0 heterocycles. The van der Waals surface area contributed by atoms with Crippen LogP contribution in [0, 0.1) is 0 Å². The number of nitrogens with zero attached hydrogens (tertiary/aromatic N) is 1. The smallest absolute Gasteiger partial charge is 0.247 e. The molecule has 0 rings (SSSR count). The van der Waals surface area contributed by atoms with Crippen molar-refractivity contribution in [2.75, 3.05) is 13.1 Å². The Balaban J connectivity index is 4.01. The number of unbranched alkanes of at least 4 members (excludes halogenated alkanes) is 2. The fraction of sp³-hybridized carbons (Fsp3) is 0.727. The Kier molecular flexibility index (Phi) is 9.45. The van der Waals surface area contributed by atoms with Crippen LogP contribution < -0.4 is 0 Å². The van der Waals surface area contributed by atoms with Crippen LogP contribution in [0.3, 0.4) is 0 Å². The van der Waals surface area contributed by atoms with Crippen LogP contribution in [-0.4, -0.2) is 23.9 Å². The van der Waals surface area contributed by atoms with Gasteiger partial charge >= 0.3 is 0 Å². The molecule has 0 radical (unpaired) electrons. The van der Waals surface area contributed by atoms with Gasteiger partial charge in [-0.2, -0.15) is 0 Å². The van der Waals surface area contributed by atoms with Gasteiger partial charge in [0.05, 0.1) is 0 Å². The summed E-state index contributed by atoms with van der Waals surface area (Å²) >= 11 is 2.08. The Morgan fingerprint density at radius 1 is 1.21 bits per heavy atom. The number of amides is 1. The van der Waals surface area contributed by atoms with E-state index in [0.717, 1.165) is 38.8 Å². The molecule has 14 heavy (non-hydrogen) atoms. The Bertz CT molecular complexity index is 172. The fourth-order valence-electron chi connectivity index (χ4n) is 1.19. The molecule has 0 saturated carbocycles. The molecule has 0 aromatic carbocycles. The van der Waals surface area contributed by atoms with Crippen molar-refractivity contribution < 1.29 is 4.79 Å².